The summed E-state index contributed by atoms with van der Waals surface area (Å²) < 4.78 is 16.6. The van der Waals surface area contributed by atoms with Gasteiger partial charge in [-0.05, 0) is 36.2 Å². The normalized spacial score (nSPS) is 11.6. The summed E-state index contributed by atoms with van der Waals surface area (Å²) in [4.78, 5) is 4.55. The second kappa shape index (κ2) is 7.75. The number of fused-ring (bicyclic) bond motifs is 1. The molecule has 132 valence electrons. The van der Waals surface area contributed by atoms with Crippen molar-refractivity contribution in [3.8, 4) is 34.4 Å². The first-order valence-corrected chi connectivity index (χ1v) is 8.37. The van der Waals surface area contributed by atoms with Crippen molar-refractivity contribution in [1.82, 2.24) is 4.98 Å². The van der Waals surface area contributed by atoms with E-state index in [0.29, 0.717) is 12.2 Å². The Morgan fingerprint density at radius 3 is 2.35 bits per heavy atom. The Morgan fingerprint density at radius 2 is 1.73 bits per heavy atom. The fourth-order valence-electron chi connectivity index (χ4n) is 2.72. The van der Waals surface area contributed by atoms with E-state index in [2.05, 4.69) is 11.1 Å². The number of ether oxygens (including phenoxy) is 3. The number of pyridine rings is 1. The summed E-state index contributed by atoms with van der Waals surface area (Å²) >= 11 is 0. The van der Waals surface area contributed by atoms with E-state index in [-0.39, 0.29) is 0 Å². The van der Waals surface area contributed by atoms with E-state index in [4.69, 9.17) is 14.2 Å². The van der Waals surface area contributed by atoms with Crippen LogP contribution in [0.2, 0.25) is 0 Å². The highest BCUT2D eigenvalue weighted by atomic mass is 16.5. The predicted molar refractivity (Wildman–Crippen MR) is 101 cm³/mol. The fourth-order valence-corrected chi connectivity index (χ4v) is 2.72. The molecule has 1 atom stereocenters. The molecule has 5 nitrogen and oxygen atoms in total. The molecule has 0 saturated heterocycles. The zero-order chi connectivity index (χ0) is 18.5. The maximum Gasteiger partial charge on any atom is 0.184 e. The van der Waals surface area contributed by atoms with Crippen LogP contribution in [0.4, 0.5) is 0 Å². The Balaban J connectivity index is 2.18. The van der Waals surface area contributed by atoms with Crippen molar-refractivity contribution in [3.05, 3.63) is 48.7 Å². The van der Waals surface area contributed by atoms with Gasteiger partial charge in [0, 0.05) is 23.2 Å². The highest BCUT2D eigenvalue weighted by molar-refractivity contribution is 5.93. The van der Waals surface area contributed by atoms with E-state index in [0.717, 1.165) is 33.5 Å². The van der Waals surface area contributed by atoms with Gasteiger partial charge in [0.05, 0.1) is 19.7 Å². The first-order chi connectivity index (χ1) is 12.7. The SMILES string of the molecule is CCC(C#N)Oc1c(-c2ccc(OC)cc2)cnc2cc(OC)ccc12. The van der Waals surface area contributed by atoms with Gasteiger partial charge in [-0.25, -0.2) is 0 Å². The topological polar surface area (TPSA) is 64.4 Å². The zero-order valence-electron chi connectivity index (χ0n) is 15.0. The van der Waals surface area contributed by atoms with Crippen molar-refractivity contribution in [2.24, 2.45) is 0 Å². The fraction of sp³-hybridized carbons (Fsp3) is 0.238. The average molecular weight is 348 g/mol. The molecule has 0 fully saturated rings. The van der Waals surface area contributed by atoms with Gasteiger partial charge in [-0.2, -0.15) is 5.26 Å². The van der Waals surface area contributed by atoms with Gasteiger partial charge in [-0.1, -0.05) is 19.1 Å². The monoisotopic (exact) mass is 348 g/mol. The third-order valence-corrected chi connectivity index (χ3v) is 4.20. The molecule has 0 bridgehead atoms. The van der Waals surface area contributed by atoms with Crippen molar-refractivity contribution in [2.75, 3.05) is 14.2 Å². The summed E-state index contributed by atoms with van der Waals surface area (Å²) in [5, 5.41) is 10.2. The summed E-state index contributed by atoms with van der Waals surface area (Å²) in [6, 6.07) is 15.5. The van der Waals surface area contributed by atoms with E-state index in [9.17, 15) is 5.26 Å². The van der Waals surface area contributed by atoms with Crippen LogP contribution in [0.25, 0.3) is 22.0 Å². The molecule has 0 radical (unpaired) electrons. The highest BCUT2D eigenvalue weighted by Gasteiger charge is 2.17. The number of rotatable bonds is 6. The van der Waals surface area contributed by atoms with Crippen molar-refractivity contribution in [1.29, 1.82) is 5.26 Å². The average Bonchev–Trinajstić information content (AvgIpc) is 2.71. The smallest absolute Gasteiger partial charge is 0.184 e. The van der Waals surface area contributed by atoms with Crippen molar-refractivity contribution in [2.45, 2.75) is 19.4 Å². The molecule has 1 aromatic heterocycles. The van der Waals surface area contributed by atoms with E-state index in [1.165, 1.54) is 0 Å². The standard InChI is InChI=1S/C21H20N2O3/c1-4-15(12-22)26-21-18-10-9-17(25-3)11-20(18)23-13-19(21)14-5-7-16(24-2)8-6-14/h5-11,13,15H,4H2,1-3H3. The molecule has 3 rings (SSSR count). The predicted octanol–water partition coefficient (Wildman–Crippen LogP) is 4.60. The molecule has 0 saturated carbocycles. The summed E-state index contributed by atoms with van der Waals surface area (Å²) in [5.41, 5.74) is 2.53. The largest absolute Gasteiger partial charge is 0.497 e. The summed E-state index contributed by atoms with van der Waals surface area (Å²) in [7, 11) is 3.25. The molecule has 0 aliphatic heterocycles. The van der Waals surface area contributed by atoms with Crippen LogP contribution in [0.1, 0.15) is 13.3 Å². The lowest BCUT2D eigenvalue weighted by atomic mass is 10.0. The van der Waals surface area contributed by atoms with Crippen LogP contribution < -0.4 is 14.2 Å². The zero-order valence-corrected chi connectivity index (χ0v) is 15.0. The van der Waals surface area contributed by atoms with Crippen LogP contribution in [0, 0.1) is 11.3 Å². The number of benzene rings is 2. The lowest BCUT2D eigenvalue weighted by Gasteiger charge is -2.17. The van der Waals surface area contributed by atoms with E-state index in [1.54, 1.807) is 20.4 Å². The summed E-state index contributed by atoms with van der Waals surface area (Å²) in [6.45, 7) is 1.92. The second-order valence-electron chi connectivity index (χ2n) is 5.76. The molecular weight excluding hydrogens is 328 g/mol. The molecule has 5 heteroatoms. The van der Waals surface area contributed by atoms with E-state index in [1.807, 2.05) is 49.4 Å². The summed E-state index contributed by atoms with van der Waals surface area (Å²) in [6.07, 6.45) is 1.83. The van der Waals surface area contributed by atoms with Crippen molar-refractivity contribution in [3.63, 3.8) is 0 Å². The number of hydrogen-bond acceptors (Lipinski definition) is 5. The van der Waals surface area contributed by atoms with Gasteiger partial charge in [0.2, 0.25) is 0 Å². The third-order valence-electron chi connectivity index (χ3n) is 4.20. The Labute approximate surface area is 152 Å². The molecule has 0 N–H and O–H groups in total. The van der Waals surface area contributed by atoms with Gasteiger partial charge >= 0.3 is 0 Å². The molecule has 0 aliphatic rings. The molecular formula is C21H20N2O3. The Bertz CT molecular complexity index is 946. The highest BCUT2D eigenvalue weighted by Crippen LogP contribution is 2.38. The number of nitriles is 1. The minimum absolute atomic E-state index is 0.528. The van der Waals surface area contributed by atoms with Gasteiger partial charge in [0.15, 0.2) is 6.10 Å². The second-order valence-corrected chi connectivity index (χ2v) is 5.76. The Morgan fingerprint density at radius 1 is 1.04 bits per heavy atom. The van der Waals surface area contributed by atoms with E-state index >= 15 is 0 Å². The lowest BCUT2D eigenvalue weighted by Crippen LogP contribution is -2.13. The molecule has 3 aromatic rings. The van der Waals surface area contributed by atoms with Crippen molar-refractivity contribution >= 4 is 10.9 Å². The van der Waals surface area contributed by atoms with Crippen LogP contribution in [-0.2, 0) is 0 Å². The molecule has 2 aromatic carbocycles. The minimum atomic E-state index is -0.528. The number of aromatic nitrogens is 1. The quantitative estimate of drug-likeness (QED) is 0.651. The molecule has 0 amide bonds. The van der Waals surface area contributed by atoms with Gasteiger partial charge in [-0.15, -0.1) is 0 Å². The first-order valence-electron chi connectivity index (χ1n) is 8.37. The molecule has 0 spiro atoms. The summed E-state index contributed by atoms with van der Waals surface area (Å²) in [5.74, 6) is 2.15. The third kappa shape index (κ3) is 3.40. The van der Waals surface area contributed by atoms with Crippen LogP contribution >= 0.6 is 0 Å². The van der Waals surface area contributed by atoms with Crippen LogP contribution in [0.3, 0.4) is 0 Å². The molecule has 0 aliphatic carbocycles. The van der Waals surface area contributed by atoms with Crippen molar-refractivity contribution < 1.29 is 14.2 Å². The number of methoxy groups -OCH3 is 2. The van der Waals surface area contributed by atoms with Crippen LogP contribution in [0.15, 0.2) is 48.7 Å². The maximum absolute atomic E-state index is 9.34. The van der Waals surface area contributed by atoms with Gasteiger partial charge in [-0.3, -0.25) is 4.98 Å². The van der Waals surface area contributed by atoms with Gasteiger partial charge in [0.1, 0.15) is 23.3 Å². The van der Waals surface area contributed by atoms with E-state index < -0.39 is 6.10 Å². The molecule has 26 heavy (non-hydrogen) atoms. The van der Waals surface area contributed by atoms with Gasteiger partial charge < -0.3 is 14.2 Å². The molecule has 1 heterocycles. The number of nitrogens with zero attached hydrogens (tertiary/aromatic N) is 2. The van der Waals surface area contributed by atoms with Gasteiger partial charge in [0.25, 0.3) is 0 Å². The maximum atomic E-state index is 9.34. The Kier molecular flexibility index (Phi) is 5.23. The molecule has 1 unspecified atom stereocenters. The minimum Gasteiger partial charge on any atom is -0.497 e. The Hall–Kier alpha value is -3.26. The lowest BCUT2D eigenvalue weighted by molar-refractivity contribution is 0.256. The van der Waals surface area contributed by atoms with Crippen LogP contribution in [0.5, 0.6) is 17.2 Å². The first kappa shape index (κ1) is 17.6. The van der Waals surface area contributed by atoms with Crippen LogP contribution in [-0.4, -0.2) is 25.3 Å². The number of hydrogen-bond donors (Lipinski definition) is 0.